The van der Waals surface area contributed by atoms with Gasteiger partial charge in [-0.15, -0.1) is 0 Å². The van der Waals surface area contributed by atoms with Crippen LogP contribution in [0.4, 0.5) is 0 Å². The second-order valence-corrected chi connectivity index (χ2v) is 5.26. The summed E-state index contributed by atoms with van der Waals surface area (Å²) in [5.74, 6) is 1.24. The highest BCUT2D eigenvalue weighted by Crippen LogP contribution is 2.27. The van der Waals surface area contributed by atoms with Gasteiger partial charge in [-0.05, 0) is 37.2 Å². The largest absolute Gasteiger partial charge is 0.356 e. The van der Waals surface area contributed by atoms with Crippen molar-refractivity contribution in [1.82, 2.24) is 5.32 Å². The van der Waals surface area contributed by atoms with E-state index in [9.17, 15) is 4.79 Å². The van der Waals surface area contributed by atoms with Gasteiger partial charge in [-0.1, -0.05) is 36.8 Å². The summed E-state index contributed by atoms with van der Waals surface area (Å²) in [6.07, 6.45) is 3.16. The minimum absolute atomic E-state index is 0.185. The van der Waals surface area contributed by atoms with Gasteiger partial charge >= 0.3 is 0 Å². The third-order valence-electron chi connectivity index (χ3n) is 3.42. The van der Waals surface area contributed by atoms with Gasteiger partial charge in [-0.2, -0.15) is 0 Å². The first-order chi connectivity index (χ1) is 8.15. The third-order valence-corrected chi connectivity index (χ3v) is 3.42. The second-order valence-electron chi connectivity index (χ2n) is 5.26. The number of benzene rings is 1. The van der Waals surface area contributed by atoms with E-state index in [1.54, 1.807) is 0 Å². The maximum absolute atomic E-state index is 11.7. The summed E-state index contributed by atoms with van der Waals surface area (Å²) in [6.45, 7) is 5.07. The fourth-order valence-corrected chi connectivity index (χ4v) is 1.94. The van der Waals surface area contributed by atoms with Gasteiger partial charge in [0.1, 0.15) is 0 Å². The first kappa shape index (κ1) is 12.2. The summed E-state index contributed by atoms with van der Waals surface area (Å²) < 4.78 is 0. The fourth-order valence-electron chi connectivity index (χ4n) is 1.94. The van der Waals surface area contributed by atoms with Gasteiger partial charge < -0.3 is 5.32 Å². The molecule has 2 nitrogen and oxygen atoms in total. The molecule has 2 rings (SSSR count). The van der Waals surface area contributed by atoms with E-state index >= 15 is 0 Å². The predicted octanol–water partition coefficient (Wildman–Crippen LogP) is 3.01. The molecular formula is C15H21NO. The molecule has 0 saturated heterocycles. The topological polar surface area (TPSA) is 29.1 Å². The number of carbonyl (C=O) groups excluding carboxylic acids is 1. The van der Waals surface area contributed by atoms with Crippen LogP contribution in [0.25, 0.3) is 0 Å². The van der Waals surface area contributed by atoms with Crippen molar-refractivity contribution in [3.63, 3.8) is 0 Å². The number of hydrogen-bond donors (Lipinski definition) is 1. The van der Waals surface area contributed by atoms with Crippen LogP contribution in [0, 0.1) is 12.8 Å². The van der Waals surface area contributed by atoms with Crippen LogP contribution >= 0.6 is 0 Å². The maximum atomic E-state index is 11.7. The van der Waals surface area contributed by atoms with Gasteiger partial charge in [0.15, 0.2) is 0 Å². The zero-order chi connectivity index (χ0) is 12.3. The Bertz CT molecular complexity index is 378. The molecule has 0 aliphatic heterocycles. The SMILES string of the molecule is Cc1ccc(C(C)CC(=O)NCC2CC2)cc1. The first-order valence-electron chi connectivity index (χ1n) is 6.48. The van der Waals surface area contributed by atoms with E-state index in [0.29, 0.717) is 12.3 Å². The molecule has 1 fully saturated rings. The summed E-state index contributed by atoms with van der Waals surface area (Å²) in [5.41, 5.74) is 2.51. The average Bonchev–Trinajstić information content (AvgIpc) is 3.11. The molecule has 2 heteroatoms. The standard InChI is InChI=1S/C15H21NO/c1-11-3-7-14(8-4-11)12(2)9-15(17)16-10-13-5-6-13/h3-4,7-8,12-13H,5-6,9-10H2,1-2H3,(H,16,17). The molecule has 1 saturated carbocycles. The second kappa shape index (κ2) is 5.35. The molecule has 1 N–H and O–H groups in total. The van der Waals surface area contributed by atoms with Crippen LogP contribution in [-0.2, 0) is 4.79 Å². The van der Waals surface area contributed by atoms with Crippen molar-refractivity contribution < 1.29 is 4.79 Å². The van der Waals surface area contributed by atoms with E-state index in [1.165, 1.54) is 24.0 Å². The van der Waals surface area contributed by atoms with E-state index in [0.717, 1.165) is 12.5 Å². The van der Waals surface area contributed by atoms with Crippen molar-refractivity contribution >= 4 is 5.91 Å². The smallest absolute Gasteiger partial charge is 0.220 e. The Labute approximate surface area is 103 Å². The first-order valence-corrected chi connectivity index (χ1v) is 6.48. The molecule has 17 heavy (non-hydrogen) atoms. The lowest BCUT2D eigenvalue weighted by atomic mass is 9.96. The number of aryl methyl sites for hydroxylation is 1. The van der Waals surface area contributed by atoms with Gasteiger partial charge in [-0.25, -0.2) is 0 Å². The van der Waals surface area contributed by atoms with E-state index in [4.69, 9.17) is 0 Å². The van der Waals surface area contributed by atoms with E-state index < -0.39 is 0 Å². The van der Waals surface area contributed by atoms with Crippen molar-refractivity contribution in [2.45, 2.75) is 39.0 Å². The number of amides is 1. The Morgan fingerprint density at radius 2 is 2.00 bits per heavy atom. The lowest BCUT2D eigenvalue weighted by Gasteiger charge is -2.12. The molecule has 0 heterocycles. The van der Waals surface area contributed by atoms with Crippen LogP contribution in [0.2, 0.25) is 0 Å². The Balaban J connectivity index is 1.80. The molecule has 0 bridgehead atoms. The van der Waals surface area contributed by atoms with Gasteiger partial charge in [0.05, 0.1) is 0 Å². The minimum Gasteiger partial charge on any atom is -0.356 e. The van der Waals surface area contributed by atoms with Crippen molar-refractivity contribution in [2.24, 2.45) is 5.92 Å². The van der Waals surface area contributed by atoms with Crippen LogP contribution in [-0.4, -0.2) is 12.5 Å². The molecule has 92 valence electrons. The molecule has 1 aliphatic carbocycles. The third kappa shape index (κ3) is 3.88. The van der Waals surface area contributed by atoms with Crippen LogP contribution in [0.1, 0.15) is 43.2 Å². The Hall–Kier alpha value is -1.31. The summed E-state index contributed by atoms with van der Waals surface area (Å²) in [5, 5.41) is 3.02. The number of carbonyl (C=O) groups is 1. The average molecular weight is 231 g/mol. The van der Waals surface area contributed by atoms with Crippen LogP contribution in [0.3, 0.4) is 0 Å². The number of nitrogens with one attached hydrogen (secondary N) is 1. The quantitative estimate of drug-likeness (QED) is 0.829. The van der Waals surface area contributed by atoms with Crippen LogP contribution in [0.15, 0.2) is 24.3 Å². The lowest BCUT2D eigenvalue weighted by Crippen LogP contribution is -2.26. The fraction of sp³-hybridized carbons (Fsp3) is 0.533. The number of hydrogen-bond acceptors (Lipinski definition) is 1. The normalized spacial score (nSPS) is 16.6. The summed E-state index contributed by atoms with van der Waals surface area (Å²) in [6, 6.07) is 8.45. The zero-order valence-corrected chi connectivity index (χ0v) is 10.7. The van der Waals surface area contributed by atoms with Crippen LogP contribution < -0.4 is 5.32 Å². The number of rotatable bonds is 5. The minimum atomic E-state index is 0.185. The molecule has 1 amide bonds. The Morgan fingerprint density at radius 1 is 1.35 bits per heavy atom. The molecule has 1 aromatic carbocycles. The summed E-state index contributed by atoms with van der Waals surface area (Å²) in [4.78, 5) is 11.7. The molecule has 1 aromatic rings. The van der Waals surface area contributed by atoms with E-state index in [2.05, 4.69) is 43.4 Å². The van der Waals surface area contributed by atoms with Crippen molar-refractivity contribution in [3.8, 4) is 0 Å². The molecule has 1 aliphatic rings. The van der Waals surface area contributed by atoms with Crippen molar-refractivity contribution in [3.05, 3.63) is 35.4 Å². The summed E-state index contributed by atoms with van der Waals surface area (Å²) >= 11 is 0. The van der Waals surface area contributed by atoms with E-state index in [1.807, 2.05) is 0 Å². The van der Waals surface area contributed by atoms with Crippen molar-refractivity contribution in [1.29, 1.82) is 0 Å². The molecular weight excluding hydrogens is 210 g/mol. The zero-order valence-electron chi connectivity index (χ0n) is 10.7. The maximum Gasteiger partial charge on any atom is 0.220 e. The lowest BCUT2D eigenvalue weighted by molar-refractivity contribution is -0.121. The Morgan fingerprint density at radius 3 is 2.59 bits per heavy atom. The molecule has 1 unspecified atom stereocenters. The molecule has 1 atom stereocenters. The summed E-state index contributed by atoms with van der Waals surface area (Å²) in [7, 11) is 0. The van der Waals surface area contributed by atoms with Gasteiger partial charge in [-0.3, -0.25) is 4.79 Å². The molecule has 0 radical (unpaired) electrons. The van der Waals surface area contributed by atoms with Gasteiger partial charge in [0.25, 0.3) is 0 Å². The van der Waals surface area contributed by atoms with Crippen molar-refractivity contribution in [2.75, 3.05) is 6.54 Å². The highest BCUT2D eigenvalue weighted by atomic mass is 16.1. The highest BCUT2D eigenvalue weighted by molar-refractivity contribution is 5.76. The predicted molar refractivity (Wildman–Crippen MR) is 69.9 cm³/mol. The van der Waals surface area contributed by atoms with Crippen LogP contribution in [0.5, 0.6) is 0 Å². The monoisotopic (exact) mass is 231 g/mol. The highest BCUT2D eigenvalue weighted by Gasteiger charge is 2.22. The molecule has 0 spiro atoms. The van der Waals surface area contributed by atoms with Gasteiger partial charge in [0, 0.05) is 13.0 Å². The Kier molecular flexibility index (Phi) is 3.82. The van der Waals surface area contributed by atoms with E-state index in [-0.39, 0.29) is 5.91 Å². The molecule has 0 aromatic heterocycles. The van der Waals surface area contributed by atoms with Gasteiger partial charge in [0.2, 0.25) is 5.91 Å².